The summed E-state index contributed by atoms with van der Waals surface area (Å²) in [5, 5.41) is 0. The highest BCUT2D eigenvalue weighted by molar-refractivity contribution is 5.94. The summed E-state index contributed by atoms with van der Waals surface area (Å²) in [6.07, 6.45) is 2.09. The van der Waals surface area contributed by atoms with Gasteiger partial charge in [0.2, 0.25) is 0 Å². The normalized spacial score (nSPS) is 17.5. The lowest BCUT2D eigenvalue weighted by Crippen LogP contribution is -2.37. The molecule has 1 saturated heterocycles. The Morgan fingerprint density at radius 2 is 2.06 bits per heavy atom. The van der Waals surface area contributed by atoms with Crippen LogP contribution in [-0.2, 0) is 0 Å². The molecule has 0 bridgehead atoms. The third kappa shape index (κ3) is 2.40. The first-order chi connectivity index (χ1) is 7.66. The Morgan fingerprint density at radius 3 is 2.69 bits per heavy atom. The molecule has 0 unspecified atom stereocenters. The van der Waals surface area contributed by atoms with Gasteiger partial charge in [-0.3, -0.25) is 4.79 Å². The van der Waals surface area contributed by atoms with Crippen molar-refractivity contribution < 1.29 is 9.18 Å². The van der Waals surface area contributed by atoms with E-state index in [0.717, 1.165) is 25.9 Å². The fourth-order valence-electron chi connectivity index (χ4n) is 2.02. The average molecular weight is 221 g/mol. The first-order valence-electron chi connectivity index (χ1n) is 5.71. The van der Waals surface area contributed by atoms with E-state index in [1.807, 2.05) is 4.90 Å². The zero-order valence-electron chi connectivity index (χ0n) is 9.45. The van der Waals surface area contributed by atoms with Gasteiger partial charge in [-0.05, 0) is 37.0 Å². The molecule has 3 heteroatoms. The maximum Gasteiger partial charge on any atom is 0.253 e. The van der Waals surface area contributed by atoms with Crippen molar-refractivity contribution >= 4 is 5.91 Å². The molecule has 0 N–H and O–H groups in total. The van der Waals surface area contributed by atoms with Crippen molar-refractivity contribution in [1.29, 1.82) is 0 Å². The Labute approximate surface area is 95.1 Å². The van der Waals surface area contributed by atoms with Crippen molar-refractivity contribution in [3.63, 3.8) is 0 Å². The molecule has 1 amide bonds. The van der Waals surface area contributed by atoms with E-state index in [2.05, 4.69) is 6.92 Å². The first kappa shape index (κ1) is 11.1. The van der Waals surface area contributed by atoms with Crippen LogP contribution in [0.15, 0.2) is 24.3 Å². The van der Waals surface area contributed by atoms with Crippen LogP contribution in [0.25, 0.3) is 0 Å². The number of carbonyl (C=O) groups excluding carboxylic acids is 1. The molecule has 1 aliphatic rings. The molecule has 1 aromatic rings. The molecular formula is C13H16FNO. The molecule has 1 fully saturated rings. The van der Waals surface area contributed by atoms with Crippen LogP contribution in [0.4, 0.5) is 4.39 Å². The van der Waals surface area contributed by atoms with Gasteiger partial charge in [-0.2, -0.15) is 0 Å². The first-order valence-corrected chi connectivity index (χ1v) is 5.71. The number of nitrogens with zero attached hydrogens (tertiary/aromatic N) is 1. The summed E-state index contributed by atoms with van der Waals surface area (Å²) < 4.78 is 13.0. The Morgan fingerprint density at radius 1 is 1.38 bits per heavy atom. The van der Waals surface area contributed by atoms with E-state index in [4.69, 9.17) is 0 Å². The number of halogens is 1. The highest BCUT2D eigenvalue weighted by Gasteiger charge is 2.21. The summed E-state index contributed by atoms with van der Waals surface area (Å²) in [7, 11) is 0. The van der Waals surface area contributed by atoms with Gasteiger partial charge in [-0.25, -0.2) is 4.39 Å². The van der Waals surface area contributed by atoms with E-state index in [9.17, 15) is 9.18 Å². The van der Waals surface area contributed by atoms with Crippen LogP contribution in [0, 0.1) is 11.7 Å². The zero-order chi connectivity index (χ0) is 11.5. The third-order valence-corrected chi connectivity index (χ3v) is 3.14. The van der Waals surface area contributed by atoms with Gasteiger partial charge >= 0.3 is 0 Å². The second-order valence-electron chi connectivity index (χ2n) is 4.49. The second kappa shape index (κ2) is 4.64. The molecule has 16 heavy (non-hydrogen) atoms. The van der Waals surface area contributed by atoms with Crippen LogP contribution < -0.4 is 0 Å². The maximum absolute atomic E-state index is 13.0. The summed E-state index contributed by atoms with van der Waals surface area (Å²) in [5.41, 5.74) is 0.453. The van der Waals surface area contributed by atoms with Gasteiger partial charge in [0.25, 0.3) is 5.91 Å². The number of hydrogen-bond donors (Lipinski definition) is 0. The molecule has 86 valence electrons. The van der Waals surface area contributed by atoms with Gasteiger partial charge in [0.15, 0.2) is 0 Å². The van der Waals surface area contributed by atoms with Crippen LogP contribution in [0.2, 0.25) is 0 Å². The topological polar surface area (TPSA) is 20.3 Å². The molecule has 0 aliphatic carbocycles. The van der Waals surface area contributed by atoms with E-state index in [0.29, 0.717) is 11.5 Å². The minimum Gasteiger partial charge on any atom is -0.339 e. The zero-order valence-corrected chi connectivity index (χ0v) is 9.45. The number of carbonyl (C=O) groups is 1. The fraction of sp³-hybridized carbons (Fsp3) is 0.462. The molecule has 0 spiro atoms. The lowest BCUT2D eigenvalue weighted by molar-refractivity contribution is 0.0696. The predicted molar refractivity (Wildman–Crippen MR) is 60.7 cm³/mol. The van der Waals surface area contributed by atoms with Gasteiger partial charge in [-0.15, -0.1) is 0 Å². The van der Waals surface area contributed by atoms with Crippen molar-refractivity contribution in [2.24, 2.45) is 5.92 Å². The van der Waals surface area contributed by atoms with Gasteiger partial charge in [0.1, 0.15) is 5.82 Å². The summed E-state index contributed by atoms with van der Waals surface area (Å²) in [6, 6.07) is 5.91. The Bertz CT molecular complexity index is 383. The van der Waals surface area contributed by atoms with Crippen LogP contribution in [0.3, 0.4) is 0 Å². The molecule has 1 aliphatic heterocycles. The van der Waals surface area contributed by atoms with Crippen molar-refractivity contribution in [2.75, 3.05) is 13.1 Å². The SMILES string of the molecule is CC1CCN(C(=O)c2cccc(F)c2)CC1. The standard InChI is InChI=1S/C13H16FNO/c1-10-5-7-15(8-6-10)13(16)11-3-2-4-12(14)9-11/h2-4,9-10H,5-8H2,1H3. The molecule has 0 saturated carbocycles. The molecule has 2 rings (SSSR count). The van der Waals surface area contributed by atoms with Gasteiger partial charge in [0.05, 0.1) is 0 Å². The van der Waals surface area contributed by atoms with Crippen molar-refractivity contribution in [3.8, 4) is 0 Å². The van der Waals surface area contributed by atoms with Crippen LogP contribution >= 0.6 is 0 Å². The summed E-state index contributed by atoms with van der Waals surface area (Å²) in [6.45, 7) is 3.77. The van der Waals surface area contributed by atoms with Gasteiger partial charge in [-0.1, -0.05) is 13.0 Å². The van der Waals surface area contributed by atoms with Crippen LogP contribution in [0.1, 0.15) is 30.1 Å². The summed E-state index contributed by atoms with van der Waals surface area (Å²) in [5.74, 6) is 0.291. The number of likely N-dealkylation sites (tertiary alicyclic amines) is 1. The quantitative estimate of drug-likeness (QED) is 0.714. The van der Waals surface area contributed by atoms with E-state index in [1.165, 1.54) is 12.1 Å². The molecule has 0 aromatic heterocycles. The molecule has 1 heterocycles. The Kier molecular flexibility index (Phi) is 3.22. The molecule has 0 atom stereocenters. The number of benzene rings is 1. The van der Waals surface area contributed by atoms with Crippen molar-refractivity contribution in [3.05, 3.63) is 35.6 Å². The molecule has 1 aromatic carbocycles. The monoisotopic (exact) mass is 221 g/mol. The lowest BCUT2D eigenvalue weighted by atomic mass is 9.98. The molecule has 0 radical (unpaired) electrons. The van der Waals surface area contributed by atoms with Gasteiger partial charge in [0, 0.05) is 18.7 Å². The highest BCUT2D eigenvalue weighted by atomic mass is 19.1. The predicted octanol–water partition coefficient (Wildman–Crippen LogP) is 2.70. The van der Waals surface area contributed by atoms with E-state index < -0.39 is 0 Å². The van der Waals surface area contributed by atoms with E-state index >= 15 is 0 Å². The Balaban J connectivity index is 2.08. The van der Waals surface area contributed by atoms with E-state index in [1.54, 1.807) is 12.1 Å². The van der Waals surface area contributed by atoms with Crippen molar-refractivity contribution in [1.82, 2.24) is 4.90 Å². The van der Waals surface area contributed by atoms with E-state index in [-0.39, 0.29) is 11.7 Å². The molecular weight excluding hydrogens is 205 g/mol. The van der Waals surface area contributed by atoms with Gasteiger partial charge < -0.3 is 4.90 Å². The smallest absolute Gasteiger partial charge is 0.253 e. The largest absolute Gasteiger partial charge is 0.339 e. The number of piperidine rings is 1. The van der Waals surface area contributed by atoms with Crippen molar-refractivity contribution in [2.45, 2.75) is 19.8 Å². The lowest BCUT2D eigenvalue weighted by Gasteiger charge is -2.30. The third-order valence-electron chi connectivity index (χ3n) is 3.14. The summed E-state index contributed by atoms with van der Waals surface area (Å²) >= 11 is 0. The number of hydrogen-bond acceptors (Lipinski definition) is 1. The summed E-state index contributed by atoms with van der Waals surface area (Å²) in [4.78, 5) is 13.8. The van der Waals surface area contributed by atoms with Crippen LogP contribution in [-0.4, -0.2) is 23.9 Å². The minimum atomic E-state index is -0.351. The molecule has 2 nitrogen and oxygen atoms in total. The second-order valence-corrected chi connectivity index (χ2v) is 4.49. The highest BCUT2D eigenvalue weighted by Crippen LogP contribution is 2.18. The number of rotatable bonds is 1. The van der Waals surface area contributed by atoms with Crippen LogP contribution in [0.5, 0.6) is 0 Å². The maximum atomic E-state index is 13.0. The Hall–Kier alpha value is -1.38. The average Bonchev–Trinajstić information content (AvgIpc) is 2.29. The fourth-order valence-corrected chi connectivity index (χ4v) is 2.02. The minimum absolute atomic E-state index is 0.0496. The number of amides is 1.